The predicted molar refractivity (Wildman–Crippen MR) is 90.1 cm³/mol. The molecule has 0 saturated heterocycles. The van der Waals surface area contributed by atoms with Gasteiger partial charge in [0.1, 0.15) is 0 Å². The van der Waals surface area contributed by atoms with Crippen LogP contribution in [0.5, 0.6) is 0 Å². The molecular formula is C17H20N2OS. The molecule has 21 heavy (non-hydrogen) atoms. The van der Waals surface area contributed by atoms with Crippen LogP contribution >= 0.6 is 11.8 Å². The van der Waals surface area contributed by atoms with Gasteiger partial charge in [0.25, 0.3) is 0 Å². The van der Waals surface area contributed by atoms with Gasteiger partial charge in [0.05, 0.1) is 0 Å². The molecule has 0 aromatic heterocycles. The van der Waals surface area contributed by atoms with E-state index in [1.54, 1.807) is 11.8 Å². The Bertz CT molecular complexity index is 579. The van der Waals surface area contributed by atoms with E-state index >= 15 is 0 Å². The molecule has 0 heterocycles. The summed E-state index contributed by atoms with van der Waals surface area (Å²) >= 11 is 1.73. The minimum absolute atomic E-state index is 0.152. The molecule has 2 N–H and O–H groups in total. The Morgan fingerprint density at radius 1 is 1.00 bits per heavy atom. The van der Waals surface area contributed by atoms with Crippen molar-refractivity contribution in [3.8, 4) is 0 Å². The molecule has 0 spiro atoms. The van der Waals surface area contributed by atoms with E-state index in [2.05, 4.69) is 22.8 Å². The molecule has 0 fully saturated rings. The third-order valence-corrected chi connectivity index (χ3v) is 4.13. The van der Waals surface area contributed by atoms with Crippen molar-refractivity contribution >= 4 is 23.5 Å². The van der Waals surface area contributed by atoms with Crippen LogP contribution < -0.4 is 10.6 Å². The molecule has 4 heteroatoms. The van der Waals surface area contributed by atoms with E-state index in [1.165, 1.54) is 4.90 Å². The van der Waals surface area contributed by atoms with E-state index in [0.29, 0.717) is 6.54 Å². The van der Waals surface area contributed by atoms with Gasteiger partial charge in [-0.05, 0) is 37.1 Å². The first-order valence-electron chi connectivity index (χ1n) is 6.96. The molecule has 0 aliphatic rings. The fraction of sp³-hybridized carbons (Fsp3) is 0.235. The highest BCUT2D eigenvalue weighted by molar-refractivity contribution is 7.99. The third-order valence-electron chi connectivity index (χ3n) is 3.12. The number of hydrogen-bond donors (Lipinski definition) is 2. The molecule has 0 atom stereocenters. The van der Waals surface area contributed by atoms with Gasteiger partial charge in [-0.15, -0.1) is 11.8 Å². The molecule has 0 radical (unpaired) electrons. The standard InChI is InChI=1S/C17H20N2OS/c1-13-7-6-8-14(2)16(13)19-17(20)18-11-12-21-15-9-4-3-5-10-15/h3-10H,11-12H2,1-2H3,(H2,18,19,20). The summed E-state index contributed by atoms with van der Waals surface area (Å²) in [5.41, 5.74) is 3.04. The van der Waals surface area contributed by atoms with Crippen LogP contribution in [0.3, 0.4) is 0 Å². The maximum absolute atomic E-state index is 11.9. The molecule has 0 saturated carbocycles. The van der Waals surface area contributed by atoms with Crippen molar-refractivity contribution in [1.82, 2.24) is 5.32 Å². The Labute approximate surface area is 130 Å². The number of benzene rings is 2. The zero-order valence-electron chi connectivity index (χ0n) is 12.3. The Morgan fingerprint density at radius 3 is 2.33 bits per heavy atom. The fourth-order valence-electron chi connectivity index (χ4n) is 2.02. The molecule has 110 valence electrons. The average molecular weight is 300 g/mol. The van der Waals surface area contributed by atoms with E-state index in [-0.39, 0.29) is 6.03 Å². The maximum atomic E-state index is 11.9. The molecule has 3 nitrogen and oxygen atoms in total. The normalized spacial score (nSPS) is 10.2. The zero-order valence-corrected chi connectivity index (χ0v) is 13.2. The summed E-state index contributed by atoms with van der Waals surface area (Å²) in [6.07, 6.45) is 0. The van der Waals surface area contributed by atoms with Gasteiger partial charge in [-0.1, -0.05) is 36.4 Å². The van der Waals surface area contributed by atoms with Crippen molar-refractivity contribution in [3.63, 3.8) is 0 Å². The van der Waals surface area contributed by atoms with E-state index in [0.717, 1.165) is 22.6 Å². The van der Waals surface area contributed by atoms with Crippen molar-refractivity contribution < 1.29 is 4.79 Å². The van der Waals surface area contributed by atoms with Gasteiger partial charge in [-0.3, -0.25) is 0 Å². The zero-order chi connectivity index (χ0) is 15.1. The van der Waals surface area contributed by atoms with Crippen molar-refractivity contribution in [2.24, 2.45) is 0 Å². The van der Waals surface area contributed by atoms with E-state index in [9.17, 15) is 4.79 Å². The van der Waals surface area contributed by atoms with Gasteiger partial charge in [-0.2, -0.15) is 0 Å². The van der Waals surface area contributed by atoms with Crippen LogP contribution in [-0.2, 0) is 0 Å². The molecule has 0 aliphatic heterocycles. The van der Waals surface area contributed by atoms with Gasteiger partial charge < -0.3 is 10.6 Å². The number of thioether (sulfide) groups is 1. The summed E-state index contributed by atoms with van der Waals surface area (Å²) in [6.45, 7) is 4.62. The third kappa shape index (κ3) is 4.83. The molecule has 0 bridgehead atoms. The van der Waals surface area contributed by atoms with E-state index in [1.807, 2.05) is 50.2 Å². The quantitative estimate of drug-likeness (QED) is 0.641. The number of anilines is 1. The smallest absolute Gasteiger partial charge is 0.319 e. The van der Waals surface area contributed by atoms with Crippen LogP contribution in [0.25, 0.3) is 0 Å². The van der Waals surface area contributed by atoms with Gasteiger partial charge >= 0.3 is 6.03 Å². The van der Waals surface area contributed by atoms with Crippen LogP contribution in [0, 0.1) is 13.8 Å². The Hall–Kier alpha value is -1.94. The van der Waals surface area contributed by atoms with Crippen LogP contribution in [0.15, 0.2) is 53.4 Å². The number of urea groups is 1. The first-order valence-corrected chi connectivity index (χ1v) is 7.94. The molecule has 0 unspecified atom stereocenters. The molecular weight excluding hydrogens is 280 g/mol. The van der Waals surface area contributed by atoms with Gasteiger partial charge in [0, 0.05) is 22.9 Å². The lowest BCUT2D eigenvalue weighted by atomic mass is 10.1. The molecule has 2 aromatic rings. The first-order chi connectivity index (χ1) is 10.2. The second kappa shape index (κ2) is 7.74. The average Bonchev–Trinajstić information content (AvgIpc) is 2.49. The maximum Gasteiger partial charge on any atom is 0.319 e. The molecule has 2 amide bonds. The number of carbonyl (C=O) groups excluding carboxylic acids is 1. The lowest BCUT2D eigenvalue weighted by Gasteiger charge is -2.12. The lowest BCUT2D eigenvalue weighted by Crippen LogP contribution is -2.31. The minimum Gasteiger partial charge on any atom is -0.337 e. The predicted octanol–water partition coefficient (Wildman–Crippen LogP) is 4.22. The van der Waals surface area contributed by atoms with Gasteiger partial charge in [0.2, 0.25) is 0 Å². The largest absolute Gasteiger partial charge is 0.337 e. The van der Waals surface area contributed by atoms with Crippen molar-refractivity contribution in [2.75, 3.05) is 17.6 Å². The fourth-order valence-corrected chi connectivity index (χ4v) is 2.81. The highest BCUT2D eigenvalue weighted by Crippen LogP contribution is 2.19. The van der Waals surface area contributed by atoms with Crippen LogP contribution in [-0.4, -0.2) is 18.3 Å². The summed E-state index contributed by atoms with van der Waals surface area (Å²) in [6, 6.07) is 16.0. The number of carbonyl (C=O) groups is 1. The van der Waals surface area contributed by atoms with Crippen LogP contribution in [0.4, 0.5) is 10.5 Å². The SMILES string of the molecule is Cc1cccc(C)c1NC(=O)NCCSc1ccccc1. The monoisotopic (exact) mass is 300 g/mol. The van der Waals surface area contributed by atoms with Gasteiger partial charge in [0.15, 0.2) is 0 Å². The summed E-state index contributed by atoms with van der Waals surface area (Å²) in [5.74, 6) is 0.851. The first kappa shape index (κ1) is 15.4. The van der Waals surface area contributed by atoms with Crippen LogP contribution in [0.2, 0.25) is 0 Å². The summed E-state index contributed by atoms with van der Waals surface area (Å²) in [5, 5.41) is 5.80. The number of nitrogens with one attached hydrogen (secondary N) is 2. The van der Waals surface area contributed by atoms with E-state index in [4.69, 9.17) is 0 Å². The topological polar surface area (TPSA) is 41.1 Å². The number of rotatable bonds is 5. The Kier molecular flexibility index (Phi) is 5.69. The summed E-state index contributed by atoms with van der Waals surface area (Å²) in [4.78, 5) is 13.1. The number of amides is 2. The Balaban J connectivity index is 1.75. The highest BCUT2D eigenvalue weighted by Gasteiger charge is 2.06. The van der Waals surface area contributed by atoms with Gasteiger partial charge in [-0.25, -0.2) is 4.79 Å². The Morgan fingerprint density at radius 2 is 1.67 bits per heavy atom. The number of para-hydroxylation sites is 1. The minimum atomic E-state index is -0.152. The molecule has 2 rings (SSSR count). The highest BCUT2D eigenvalue weighted by atomic mass is 32.2. The number of aryl methyl sites for hydroxylation is 2. The van der Waals surface area contributed by atoms with Crippen molar-refractivity contribution in [2.45, 2.75) is 18.7 Å². The van der Waals surface area contributed by atoms with Crippen molar-refractivity contribution in [1.29, 1.82) is 0 Å². The second-order valence-corrected chi connectivity index (χ2v) is 5.98. The van der Waals surface area contributed by atoms with E-state index < -0.39 is 0 Å². The summed E-state index contributed by atoms with van der Waals surface area (Å²) < 4.78 is 0. The summed E-state index contributed by atoms with van der Waals surface area (Å²) in [7, 11) is 0. The van der Waals surface area contributed by atoms with Crippen LogP contribution in [0.1, 0.15) is 11.1 Å². The molecule has 2 aromatic carbocycles. The lowest BCUT2D eigenvalue weighted by molar-refractivity contribution is 0.252. The molecule has 0 aliphatic carbocycles. The number of hydrogen-bond acceptors (Lipinski definition) is 2. The second-order valence-electron chi connectivity index (χ2n) is 4.81. The van der Waals surface area contributed by atoms with Crippen molar-refractivity contribution in [3.05, 3.63) is 59.7 Å².